The number of benzene rings is 1. The molecule has 142 valence electrons. The summed E-state index contributed by atoms with van der Waals surface area (Å²) in [7, 11) is 1.90. The molecule has 2 atom stereocenters. The maximum absolute atomic E-state index is 12.7. The predicted molar refractivity (Wildman–Crippen MR) is 101 cm³/mol. The minimum absolute atomic E-state index is 0.0542. The molecule has 1 amide bonds. The zero-order chi connectivity index (χ0) is 18.7. The Labute approximate surface area is 156 Å². The van der Waals surface area contributed by atoms with E-state index in [1.54, 1.807) is 0 Å². The molecule has 2 fully saturated rings. The molecular weight excluding hydrogens is 328 g/mol. The summed E-state index contributed by atoms with van der Waals surface area (Å²) in [4.78, 5) is 28.4. The fourth-order valence-electron chi connectivity index (χ4n) is 4.56. The van der Waals surface area contributed by atoms with Crippen LogP contribution in [0.1, 0.15) is 49.1 Å². The zero-order valence-electron chi connectivity index (χ0n) is 15.9. The van der Waals surface area contributed by atoms with Crippen LogP contribution in [0.2, 0.25) is 0 Å². The van der Waals surface area contributed by atoms with Gasteiger partial charge in [0, 0.05) is 32.1 Å². The first-order chi connectivity index (χ1) is 12.5. The minimum atomic E-state index is -0.770. The van der Waals surface area contributed by atoms with Crippen molar-refractivity contribution in [2.24, 2.45) is 5.92 Å². The van der Waals surface area contributed by atoms with E-state index in [2.05, 4.69) is 0 Å². The second-order valence-electron chi connectivity index (χ2n) is 7.90. The number of nitrogens with zero attached hydrogens (tertiary/aromatic N) is 2. The van der Waals surface area contributed by atoms with Gasteiger partial charge in [-0.2, -0.15) is 0 Å². The fraction of sp³-hybridized carbons (Fsp3) is 0.619. The quantitative estimate of drug-likeness (QED) is 0.879. The van der Waals surface area contributed by atoms with Gasteiger partial charge < -0.3 is 10.0 Å². The third-order valence-corrected chi connectivity index (χ3v) is 6.18. The molecule has 1 aromatic carbocycles. The van der Waals surface area contributed by atoms with Crippen LogP contribution in [0.4, 0.5) is 0 Å². The molecular formula is C21H30N2O3. The maximum Gasteiger partial charge on any atom is 0.308 e. The van der Waals surface area contributed by atoms with Gasteiger partial charge in [-0.05, 0) is 30.9 Å². The van der Waals surface area contributed by atoms with Crippen molar-refractivity contribution >= 4 is 11.9 Å². The Morgan fingerprint density at radius 2 is 1.85 bits per heavy atom. The average Bonchev–Trinajstić information content (AvgIpc) is 3.06. The third-order valence-electron chi connectivity index (χ3n) is 6.18. The number of carbonyl (C=O) groups excluding carboxylic acids is 1. The smallest absolute Gasteiger partial charge is 0.308 e. The van der Waals surface area contributed by atoms with Gasteiger partial charge in [0.1, 0.15) is 0 Å². The van der Waals surface area contributed by atoms with E-state index in [0.717, 1.165) is 24.0 Å². The molecule has 1 aliphatic carbocycles. The number of carbonyl (C=O) groups is 2. The van der Waals surface area contributed by atoms with Crippen LogP contribution in [0.15, 0.2) is 24.3 Å². The van der Waals surface area contributed by atoms with E-state index >= 15 is 0 Å². The van der Waals surface area contributed by atoms with Crippen LogP contribution in [0, 0.1) is 12.8 Å². The van der Waals surface area contributed by atoms with Crippen LogP contribution in [0.5, 0.6) is 0 Å². The Kier molecular flexibility index (Phi) is 5.97. The predicted octanol–water partition coefficient (Wildman–Crippen LogP) is 2.89. The maximum atomic E-state index is 12.7. The standard InChI is InChI=1S/C21H30N2O3/c1-15-8-6-7-11-17(15)18-12-23(13-19(18)21(25)26)14-20(24)22(2)16-9-4-3-5-10-16/h6-8,11,16,18-19H,3-5,9-10,12-14H2,1-2H3,(H,25,26)/t18-,19+/m1/s1. The molecule has 3 rings (SSSR count). The molecule has 5 nitrogen and oxygen atoms in total. The van der Waals surface area contributed by atoms with Crippen molar-refractivity contribution in [3.8, 4) is 0 Å². The van der Waals surface area contributed by atoms with Crippen molar-refractivity contribution in [2.45, 2.75) is 51.0 Å². The summed E-state index contributed by atoms with van der Waals surface area (Å²) in [5.74, 6) is -1.16. The molecule has 0 aromatic heterocycles. The molecule has 26 heavy (non-hydrogen) atoms. The molecule has 0 radical (unpaired) electrons. The van der Waals surface area contributed by atoms with Crippen LogP contribution in [-0.4, -0.2) is 59.5 Å². The monoisotopic (exact) mass is 358 g/mol. The summed E-state index contributed by atoms with van der Waals surface area (Å²) in [6.45, 7) is 3.42. The highest BCUT2D eigenvalue weighted by molar-refractivity contribution is 5.79. The highest BCUT2D eigenvalue weighted by atomic mass is 16.4. The third kappa shape index (κ3) is 4.09. The molecule has 0 bridgehead atoms. The van der Waals surface area contributed by atoms with E-state index in [-0.39, 0.29) is 11.8 Å². The first kappa shape index (κ1) is 18.9. The molecule has 0 spiro atoms. The van der Waals surface area contributed by atoms with Gasteiger partial charge in [-0.1, -0.05) is 43.5 Å². The molecule has 1 saturated heterocycles. The SMILES string of the molecule is Cc1ccccc1[C@H]1CN(CC(=O)N(C)C2CCCCC2)C[C@@H]1C(=O)O. The number of rotatable bonds is 5. The number of amides is 1. The number of carboxylic acid groups (broad SMARTS) is 1. The normalized spacial score (nSPS) is 24.5. The summed E-state index contributed by atoms with van der Waals surface area (Å²) in [6.07, 6.45) is 5.84. The Balaban J connectivity index is 1.67. The molecule has 5 heteroatoms. The number of aryl methyl sites for hydroxylation is 1. The van der Waals surface area contributed by atoms with E-state index < -0.39 is 11.9 Å². The lowest BCUT2D eigenvalue weighted by Gasteiger charge is -2.32. The van der Waals surface area contributed by atoms with Gasteiger partial charge >= 0.3 is 5.97 Å². The summed E-state index contributed by atoms with van der Waals surface area (Å²) in [5, 5.41) is 9.68. The summed E-state index contributed by atoms with van der Waals surface area (Å²) in [6, 6.07) is 8.34. The number of aliphatic carboxylic acids is 1. The first-order valence-corrected chi connectivity index (χ1v) is 9.73. The lowest BCUT2D eigenvalue weighted by Crippen LogP contribution is -2.43. The van der Waals surface area contributed by atoms with E-state index in [1.165, 1.54) is 19.3 Å². The summed E-state index contributed by atoms with van der Waals surface area (Å²) in [5.41, 5.74) is 2.21. The highest BCUT2D eigenvalue weighted by Gasteiger charge is 2.40. The molecule has 0 unspecified atom stereocenters. The van der Waals surface area contributed by atoms with E-state index in [0.29, 0.717) is 25.7 Å². The van der Waals surface area contributed by atoms with Crippen LogP contribution in [-0.2, 0) is 9.59 Å². The second-order valence-corrected chi connectivity index (χ2v) is 7.90. The van der Waals surface area contributed by atoms with E-state index in [4.69, 9.17) is 0 Å². The van der Waals surface area contributed by atoms with Gasteiger partial charge in [0.05, 0.1) is 12.5 Å². The highest BCUT2D eigenvalue weighted by Crippen LogP contribution is 2.34. The van der Waals surface area contributed by atoms with Crippen molar-refractivity contribution in [1.82, 2.24) is 9.80 Å². The number of likely N-dealkylation sites (N-methyl/N-ethyl adjacent to an activating group) is 1. The Morgan fingerprint density at radius 1 is 1.15 bits per heavy atom. The number of hydrogen-bond donors (Lipinski definition) is 1. The lowest BCUT2D eigenvalue weighted by atomic mass is 9.86. The number of likely N-dealkylation sites (tertiary alicyclic amines) is 1. The Morgan fingerprint density at radius 3 is 2.50 bits per heavy atom. The van der Waals surface area contributed by atoms with E-state index in [9.17, 15) is 14.7 Å². The Hall–Kier alpha value is -1.88. The van der Waals surface area contributed by atoms with Crippen molar-refractivity contribution < 1.29 is 14.7 Å². The molecule has 1 heterocycles. The van der Waals surface area contributed by atoms with Crippen LogP contribution >= 0.6 is 0 Å². The van der Waals surface area contributed by atoms with E-state index in [1.807, 2.05) is 48.0 Å². The largest absolute Gasteiger partial charge is 0.481 e. The molecule has 1 aliphatic heterocycles. The molecule has 2 aliphatic rings. The first-order valence-electron chi connectivity index (χ1n) is 9.73. The van der Waals surface area contributed by atoms with Crippen molar-refractivity contribution in [1.29, 1.82) is 0 Å². The minimum Gasteiger partial charge on any atom is -0.481 e. The van der Waals surface area contributed by atoms with Crippen molar-refractivity contribution in [3.05, 3.63) is 35.4 Å². The zero-order valence-corrected chi connectivity index (χ0v) is 15.9. The van der Waals surface area contributed by atoms with Gasteiger partial charge in [-0.3, -0.25) is 14.5 Å². The van der Waals surface area contributed by atoms with Gasteiger partial charge in [0.25, 0.3) is 0 Å². The molecule has 1 saturated carbocycles. The van der Waals surface area contributed by atoms with Crippen molar-refractivity contribution in [3.63, 3.8) is 0 Å². The molecule has 1 aromatic rings. The van der Waals surface area contributed by atoms with Crippen molar-refractivity contribution in [2.75, 3.05) is 26.7 Å². The van der Waals surface area contributed by atoms with Gasteiger partial charge in [-0.15, -0.1) is 0 Å². The number of carboxylic acids is 1. The Bertz CT molecular complexity index is 654. The average molecular weight is 358 g/mol. The van der Waals surface area contributed by atoms with Crippen LogP contribution in [0.3, 0.4) is 0 Å². The van der Waals surface area contributed by atoms with Gasteiger partial charge in [-0.25, -0.2) is 0 Å². The summed E-state index contributed by atoms with van der Waals surface area (Å²) >= 11 is 0. The number of hydrogen-bond acceptors (Lipinski definition) is 3. The van der Waals surface area contributed by atoms with Crippen LogP contribution in [0.25, 0.3) is 0 Å². The van der Waals surface area contributed by atoms with Crippen LogP contribution < -0.4 is 0 Å². The molecule has 1 N–H and O–H groups in total. The fourth-order valence-corrected chi connectivity index (χ4v) is 4.56. The lowest BCUT2D eigenvalue weighted by molar-refractivity contribution is -0.142. The topological polar surface area (TPSA) is 60.9 Å². The van der Waals surface area contributed by atoms with Gasteiger partial charge in [0.2, 0.25) is 5.91 Å². The second kappa shape index (κ2) is 8.21. The van der Waals surface area contributed by atoms with Gasteiger partial charge in [0.15, 0.2) is 0 Å². The summed E-state index contributed by atoms with van der Waals surface area (Å²) < 4.78 is 0.